The van der Waals surface area contributed by atoms with Crippen molar-refractivity contribution >= 4 is 19.8 Å². The maximum Gasteiger partial charge on any atom is 0.472 e. The number of unbranched alkanes of at least 4 members (excludes halogenated alkanes) is 40. The fraction of sp³-hybridized carbons (Fsp3) is 0.965. The Morgan fingerprint density at radius 3 is 0.930 bits per heavy atom. The fourth-order valence-electron chi connectivity index (χ4n) is 9.70. The summed E-state index contributed by atoms with van der Waals surface area (Å²) in [6, 6.07) is 0. The van der Waals surface area contributed by atoms with Crippen molar-refractivity contribution in [3.63, 3.8) is 0 Å². The lowest BCUT2D eigenvalue weighted by Gasteiger charge is -2.41. The van der Waals surface area contributed by atoms with Gasteiger partial charge in [0.1, 0.15) is 43.2 Å². The standard InChI is InChI=1S/C57H111O13P/c1-3-5-7-9-11-13-15-17-19-21-23-24-25-26-27-28-30-32-34-36-38-40-42-44-46-51(59)69-49(48-68-71(65,66)70-57-55(63)53(61)52(60)54(62)56(57)64)47-67-50(58)45-43-41-39-37-35-33-31-29-22-20-18-16-14-12-10-8-6-4-2/h49,52-57,60-64H,3-48H2,1-2H3,(H,65,66). The van der Waals surface area contributed by atoms with E-state index in [-0.39, 0.29) is 12.8 Å². The molecular weight excluding hydrogens is 924 g/mol. The molecule has 1 aliphatic carbocycles. The molecule has 1 saturated carbocycles. The van der Waals surface area contributed by atoms with Gasteiger partial charge in [0.25, 0.3) is 0 Å². The SMILES string of the molecule is CCCCCCCCCCCCCCCCCCCCCCCCCCC(=O)OC(COC(=O)CCCCCCCCCCCCCCCCCCCC)COP(=O)(O)OC1C(O)C(O)C(O)C(O)C1O. The highest BCUT2D eigenvalue weighted by atomic mass is 31.2. The highest BCUT2D eigenvalue weighted by molar-refractivity contribution is 7.47. The fourth-order valence-corrected chi connectivity index (χ4v) is 10.7. The van der Waals surface area contributed by atoms with E-state index >= 15 is 0 Å². The third-order valence-corrected chi connectivity index (χ3v) is 15.4. The average Bonchev–Trinajstić information content (AvgIpc) is 3.35. The highest BCUT2D eigenvalue weighted by Crippen LogP contribution is 2.47. The molecule has 0 spiro atoms. The number of phosphoric acid groups is 1. The second-order valence-corrected chi connectivity index (χ2v) is 22.6. The zero-order chi connectivity index (χ0) is 52.1. The van der Waals surface area contributed by atoms with Gasteiger partial charge >= 0.3 is 19.8 Å². The van der Waals surface area contributed by atoms with Crippen LogP contribution in [0.25, 0.3) is 0 Å². The van der Waals surface area contributed by atoms with Crippen molar-refractivity contribution < 1.29 is 63.1 Å². The smallest absolute Gasteiger partial charge is 0.462 e. The van der Waals surface area contributed by atoms with E-state index in [4.69, 9.17) is 18.5 Å². The molecule has 0 aliphatic heterocycles. The van der Waals surface area contributed by atoms with Crippen LogP contribution in [0.15, 0.2) is 0 Å². The number of aliphatic hydroxyl groups is 5. The van der Waals surface area contributed by atoms with Crippen molar-refractivity contribution in [3.8, 4) is 0 Å². The molecule has 6 N–H and O–H groups in total. The van der Waals surface area contributed by atoms with E-state index in [2.05, 4.69) is 13.8 Å². The molecule has 6 unspecified atom stereocenters. The lowest BCUT2D eigenvalue weighted by atomic mass is 9.85. The summed E-state index contributed by atoms with van der Waals surface area (Å²) in [7, 11) is -5.12. The number of phosphoric ester groups is 1. The first-order valence-corrected chi connectivity index (χ1v) is 31.3. The molecular formula is C57H111O13P. The Labute approximate surface area is 433 Å². The van der Waals surface area contributed by atoms with Crippen LogP contribution in [0.5, 0.6) is 0 Å². The molecule has 6 atom stereocenters. The molecule has 71 heavy (non-hydrogen) atoms. The Morgan fingerprint density at radius 1 is 0.380 bits per heavy atom. The molecule has 0 aromatic rings. The van der Waals surface area contributed by atoms with Crippen LogP contribution in [0.3, 0.4) is 0 Å². The lowest BCUT2D eigenvalue weighted by molar-refractivity contribution is -0.220. The average molecular weight is 1040 g/mol. The Morgan fingerprint density at radius 2 is 0.634 bits per heavy atom. The summed E-state index contributed by atoms with van der Waals surface area (Å²) < 4.78 is 33.8. The zero-order valence-electron chi connectivity index (χ0n) is 45.6. The van der Waals surface area contributed by atoms with Gasteiger partial charge in [0, 0.05) is 12.8 Å². The lowest BCUT2D eigenvalue weighted by Crippen LogP contribution is -2.64. The van der Waals surface area contributed by atoms with Gasteiger partial charge in [-0.25, -0.2) is 4.57 Å². The predicted octanol–water partition coefficient (Wildman–Crippen LogP) is 14.0. The zero-order valence-corrected chi connectivity index (χ0v) is 46.5. The topological polar surface area (TPSA) is 210 Å². The number of hydrogen-bond donors (Lipinski definition) is 6. The van der Waals surface area contributed by atoms with Crippen LogP contribution in [0.2, 0.25) is 0 Å². The van der Waals surface area contributed by atoms with Crippen molar-refractivity contribution in [2.75, 3.05) is 13.2 Å². The summed E-state index contributed by atoms with van der Waals surface area (Å²) in [6.45, 7) is 3.38. The molecule has 0 saturated heterocycles. The van der Waals surface area contributed by atoms with Gasteiger partial charge in [-0.2, -0.15) is 0 Å². The van der Waals surface area contributed by atoms with E-state index in [9.17, 15) is 44.6 Å². The second-order valence-electron chi connectivity index (χ2n) is 21.2. The molecule has 1 fully saturated rings. The van der Waals surface area contributed by atoms with Crippen molar-refractivity contribution in [3.05, 3.63) is 0 Å². The van der Waals surface area contributed by atoms with Gasteiger partial charge in [0.15, 0.2) is 6.10 Å². The number of carbonyl (C=O) groups excluding carboxylic acids is 2. The van der Waals surface area contributed by atoms with Gasteiger partial charge in [-0.15, -0.1) is 0 Å². The summed E-state index contributed by atoms with van der Waals surface area (Å²) in [4.78, 5) is 36.0. The minimum absolute atomic E-state index is 0.106. The summed E-state index contributed by atoms with van der Waals surface area (Å²) in [5.74, 6) is -1.07. The largest absolute Gasteiger partial charge is 0.472 e. The molecule has 0 amide bonds. The van der Waals surface area contributed by atoms with E-state index in [0.717, 1.165) is 38.5 Å². The molecule has 0 heterocycles. The summed E-state index contributed by atoms with van der Waals surface area (Å²) >= 11 is 0. The van der Waals surface area contributed by atoms with Crippen molar-refractivity contribution in [2.24, 2.45) is 0 Å². The van der Waals surface area contributed by atoms with Crippen LogP contribution in [0, 0.1) is 0 Å². The van der Waals surface area contributed by atoms with E-state index < -0.39 is 75.7 Å². The first kappa shape index (κ1) is 67.9. The molecule has 13 nitrogen and oxygen atoms in total. The number of aliphatic hydroxyl groups excluding tert-OH is 5. The second kappa shape index (κ2) is 47.3. The number of carbonyl (C=O) groups is 2. The van der Waals surface area contributed by atoms with Crippen LogP contribution in [-0.2, 0) is 32.7 Å². The maximum absolute atomic E-state index is 12.9. The van der Waals surface area contributed by atoms with E-state index in [1.54, 1.807) is 0 Å². The summed E-state index contributed by atoms with van der Waals surface area (Å²) in [5, 5.41) is 50.4. The maximum atomic E-state index is 12.9. The monoisotopic (exact) mass is 1030 g/mol. The number of hydrogen-bond acceptors (Lipinski definition) is 12. The van der Waals surface area contributed by atoms with Crippen molar-refractivity contribution in [2.45, 2.75) is 339 Å². The summed E-state index contributed by atoms with van der Waals surface area (Å²) in [6.07, 6.45) is 40.1. The summed E-state index contributed by atoms with van der Waals surface area (Å²) in [5.41, 5.74) is 0. The molecule has 14 heteroatoms. The molecule has 0 aromatic carbocycles. The Kier molecular flexibility index (Phi) is 45.2. The minimum atomic E-state index is -5.12. The first-order valence-electron chi connectivity index (χ1n) is 29.8. The highest BCUT2D eigenvalue weighted by Gasteiger charge is 2.51. The Bertz CT molecular complexity index is 1240. The normalized spacial score (nSPS) is 20.5. The van der Waals surface area contributed by atoms with Crippen molar-refractivity contribution in [1.82, 2.24) is 0 Å². The third kappa shape index (κ3) is 39.0. The van der Waals surface area contributed by atoms with Gasteiger partial charge < -0.3 is 39.9 Å². The van der Waals surface area contributed by atoms with Crippen LogP contribution in [0.4, 0.5) is 0 Å². The number of rotatable bonds is 52. The van der Waals surface area contributed by atoms with Gasteiger partial charge in [0.05, 0.1) is 6.61 Å². The third-order valence-electron chi connectivity index (χ3n) is 14.4. The van der Waals surface area contributed by atoms with Gasteiger partial charge in [-0.3, -0.25) is 18.6 Å². The predicted molar refractivity (Wildman–Crippen MR) is 286 cm³/mol. The van der Waals surface area contributed by atoms with E-state index in [0.29, 0.717) is 12.8 Å². The van der Waals surface area contributed by atoms with Gasteiger partial charge in [-0.05, 0) is 12.8 Å². The number of ether oxygens (including phenoxy) is 2. The quantitative estimate of drug-likeness (QED) is 0.0191. The number of esters is 2. The van der Waals surface area contributed by atoms with Gasteiger partial charge in [-0.1, -0.05) is 271 Å². The Hall–Kier alpha value is -1.15. The molecule has 0 aromatic heterocycles. The molecule has 0 radical (unpaired) electrons. The van der Waals surface area contributed by atoms with E-state index in [1.807, 2.05) is 0 Å². The van der Waals surface area contributed by atoms with Crippen LogP contribution in [0.1, 0.15) is 296 Å². The molecule has 1 aliphatic rings. The van der Waals surface area contributed by atoms with E-state index in [1.165, 1.54) is 218 Å². The Balaban J connectivity index is 2.29. The molecule has 1 rings (SSSR count). The minimum Gasteiger partial charge on any atom is -0.462 e. The molecule has 422 valence electrons. The van der Waals surface area contributed by atoms with Gasteiger partial charge in [0.2, 0.25) is 0 Å². The molecule has 0 bridgehead atoms. The van der Waals surface area contributed by atoms with Crippen LogP contribution >= 0.6 is 7.82 Å². The van der Waals surface area contributed by atoms with Crippen LogP contribution < -0.4 is 0 Å². The first-order chi connectivity index (χ1) is 34.4. The van der Waals surface area contributed by atoms with Crippen LogP contribution in [-0.4, -0.2) is 98.3 Å². The van der Waals surface area contributed by atoms with Crippen molar-refractivity contribution in [1.29, 1.82) is 0 Å².